The predicted molar refractivity (Wildman–Crippen MR) is 119 cm³/mol. The van der Waals surface area contributed by atoms with Crippen molar-refractivity contribution in [3.05, 3.63) is 84.2 Å². The molecule has 0 spiro atoms. The summed E-state index contributed by atoms with van der Waals surface area (Å²) in [5.74, 6) is -0.0898. The van der Waals surface area contributed by atoms with Crippen molar-refractivity contribution < 1.29 is 14.3 Å². The minimum atomic E-state index is -0.412. The number of hydrogen-bond donors (Lipinski definition) is 2. The van der Waals surface area contributed by atoms with Crippen LogP contribution in [0.25, 0.3) is 17.1 Å². The Morgan fingerprint density at radius 3 is 2.58 bits per heavy atom. The summed E-state index contributed by atoms with van der Waals surface area (Å²) in [5.41, 5.74) is 2.54. The Morgan fingerprint density at radius 2 is 1.81 bits per heavy atom. The number of hydrogen-bond acceptors (Lipinski definition) is 5. The number of anilines is 1. The molecule has 31 heavy (non-hydrogen) atoms. The highest BCUT2D eigenvalue weighted by molar-refractivity contribution is 7.99. The average Bonchev–Trinajstić information content (AvgIpc) is 3.19. The van der Waals surface area contributed by atoms with Gasteiger partial charge in [-0.3, -0.25) is 9.36 Å². The summed E-state index contributed by atoms with van der Waals surface area (Å²) in [4.78, 5) is 12.5. The first-order valence-corrected chi connectivity index (χ1v) is 10.5. The van der Waals surface area contributed by atoms with Gasteiger partial charge < -0.3 is 10.4 Å². The van der Waals surface area contributed by atoms with E-state index < -0.39 is 5.82 Å². The topological polar surface area (TPSA) is 80.0 Å². The van der Waals surface area contributed by atoms with Crippen LogP contribution in [0.1, 0.15) is 5.56 Å². The predicted octanol–water partition coefficient (Wildman–Crippen LogP) is 4.82. The number of benzene rings is 3. The lowest BCUT2D eigenvalue weighted by Crippen LogP contribution is -2.15. The second-order valence-electron chi connectivity index (χ2n) is 6.79. The third kappa shape index (κ3) is 4.59. The summed E-state index contributed by atoms with van der Waals surface area (Å²) in [5, 5.41) is 22.0. The minimum absolute atomic E-state index is 0.0572. The number of aromatic hydroxyl groups is 1. The van der Waals surface area contributed by atoms with Gasteiger partial charge in [-0.15, -0.1) is 10.2 Å². The van der Waals surface area contributed by atoms with E-state index in [4.69, 9.17) is 0 Å². The first-order chi connectivity index (χ1) is 15.0. The molecule has 4 rings (SSSR count). The zero-order valence-corrected chi connectivity index (χ0v) is 17.4. The van der Waals surface area contributed by atoms with Crippen LogP contribution in [-0.2, 0) is 4.79 Å². The molecule has 6 nitrogen and oxygen atoms in total. The SMILES string of the molecule is Cc1ccc(F)cc1NC(=O)CSc1nnc(-c2ccccc2O)n1-c1ccccc1. The van der Waals surface area contributed by atoms with Gasteiger partial charge in [-0.1, -0.05) is 48.2 Å². The minimum Gasteiger partial charge on any atom is -0.507 e. The van der Waals surface area contributed by atoms with E-state index in [-0.39, 0.29) is 17.4 Å². The number of amides is 1. The van der Waals surface area contributed by atoms with Gasteiger partial charge in [0, 0.05) is 11.4 Å². The molecule has 1 heterocycles. The molecule has 0 unspecified atom stereocenters. The van der Waals surface area contributed by atoms with Crippen LogP contribution in [0.5, 0.6) is 5.75 Å². The second-order valence-corrected chi connectivity index (χ2v) is 7.73. The number of aromatic nitrogens is 3. The maximum Gasteiger partial charge on any atom is 0.234 e. The van der Waals surface area contributed by atoms with Gasteiger partial charge in [0.05, 0.1) is 11.3 Å². The normalized spacial score (nSPS) is 10.8. The zero-order valence-electron chi connectivity index (χ0n) is 16.6. The summed E-state index contributed by atoms with van der Waals surface area (Å²) in [6.07, 6.45) is 0. The van der Waals surface area contributed by atoms with Crippen LogP contribution in [0.3, 0.4) is 0 Å². The monoisotopic (exact) mass is 434 g/mol. The molecular weight excluding hydrogens is 415 g/mol. The van der Waals surface area contributed by atoms with E-state index >= 15 is 0 Å². The van der Waals surface area contributed by atoms with Crippen LogP contribution >= 0.6 is 11.8 Å². The van der Waals surface area contributed by atoms with E-state index in [1.807, 2.05) is 30.3 Å². The standard InChI is InChI=1S/C23H19FN4O2S/c1-15-11-12-16(24)13-19(15)25-21(30)14-31-23-27-26-22(18-9-5-6-10-20(18)29)28(23)17-7-3-2-4-8-17/h2-13,29H,14H2,1H3,(H,25,30). The number of nitrogens with zero attached hydrogens (tertiary/aromatic N) is 3. The molecule has 4 aromatic rings. The quantitative estimate of drug-likeness (QED) is 0.426. The molecule has 0 aliphatic rings. The molecular formula is C23H19FN4O2S. The fraction of sp³-hybridized carbons (Fsp3) is 0.0870. The Bertz CT molecular complexity index is 1230. The summed E-state index contributed by atoms with van der Waals surface area (Å²) in [6, 6.07) is 20.6. The third-order valence-corrected chi connectivity index (χ3v) is 5.53. The van der Waals surface area contributed by atoms with E-state index in [0.717, 1.165) is 11.3 Å². The molecule has 1 aromatic heterocycles. The number of thioether (sulfide) groups is 1. The van der Waals surface area contributed by atoms with Crippen LogP contribution < -0.4 is 5.32 Å². The molecule has 0 fully saturated rings. The molecule has 2 N–H and O–H groups in total. The van der Waals surface area contributed by atoms with Crippen LogP contribution in [0.15, 0.2) is 78.0 Å². The van der Waals surface area contributed by atoms with Crippen molar-refractivity contribution in [2.24, 2.45) is 0 Å². The maximum absolute atomic E-state index is 13.5. The van der Waals surface area contributed by atoms with E-state index in [0.29, 0.717) is 22.2 Å². The summed E-state index contributed by atoms with van der Waals surface area (Å²) < 4.78 is 15.3. The maximum atomic E-state index is 13.5. The molecule has 8 heteroatoms. The van der Waals surface area contributed by atoms with Gasteiger partial charge >= 0.3 is 0 Å². The number of phenols is 1. The molecule has 156 valence electrons. The van der Waals surface area contributed by atoms with E-state index in [1.165, 1.54) is 23.9 Å². The van der Waals surface area contributed by atoms with Crippen molar-refractivity contribution in [3.8, 4) is 22.8 Å². The van der Waals surface area contributed by atoms with Crippen LogP contribution in [0, 0.1) is 12.7 Å². The van der Waals surface area contributed by atoms with Gasteiger partial charge in [-0.25, -0.2) is 4.39 Å². The zero-order chi connectivity index (χ0) is 21.8. The highest BCUT2D eigenvalue weighted by Gasteiger charge is 2.19. The molecule has 0 aliphatic carbocycles. The number of carbonyl (C=O) groups is 1. The molecule has 3 aromatic carbocycles. The molecule has 0 aliphatic heterocycles. The van der Waals surface area contributed by atoms with E-state index in [1.54, 1.807) is 41.8 Å². The molecule has 0 atom stereocenters. The Kier molecular flexibility index (Phi) is 5.99. The van der Waals surface area contributed by atoms with Crippen molar-refractivity contribution in [2.75, 3.05) is 11.1 Å². The van der Waals surface area contributed by atoms with Gasteiger partial charge in [-0.05, 0) is 48.9 Å². The van der Waals surface area contributed by atoms with Gasteiger partial charge in [0.1, 0.15) is 11.6 Å². The number of para-hydroxylation sites is 2. The molecule has 0 radical (unpaired) electrons. The highest BCUT2D eigenvalue weighted by Crippen LogP contribution is 2.32. The number of phenolic OH excluding ortho intramolecular Hbond substituents is 1. The average molecular weight is 434 g/mol. The van der Waals surface area contributed by atoms with Crippen molar-refractivity contribution in [1.29, 1.82) is 0 Å². The summed E-state index contributed by atoms with van der Waals surface area (Å²) >= 11 is 1.20. The third-order valence-electron chi connectivity index (χ3n) is 4.60. The Balaban J connectivity index is 1.61. The van der Waals surface area contributed by atoms with Crippen LogP contribution in [0.4, 0.5) is 10.1 Å². The van der Waals surface area contributed by atoms with Gasteiger partial charge in [0.2, 0.25) is 5.91 Å². The van der Waals surface area contributed by atoms with Crippen LogP contribution in [0.2, 0.25) is 0 Å². The smallest absolute Gasteiger partial charge is 0.234 e. The number of nitrogens with one attached hydrogen (secondary N) is 1. The first-order valence-electron chi connectivity index (χ1n) is 9.51. The van der Waals surface area contributed by atoms with Gasteiger partial charge in [0.15, 0.2) is 11.0 Å². The lowest BCUT2D eigenvalue weighted by atomic mass is 10.2. The lowest BCUT2D eigenvalue weighted by Gasteiger charge is -2.11. The summed E-state index contributed by atoms with van der Waals surface area (Å²) in [6.45, 7) is 1.80. The largest absolute Gasteiger partial charge is 0.507 e. The second kappa shape index (κ2) is 9.01. The van der Waals surface area contributed by atoms with Crippen molar-refractivity contribution in [2.45, 2.75) is 12.1 Å². The number of halogens is 1. The highest BCUT2D eigenvalue weighted by atomic mass is 32.2. The molecule has 0 saturated heterocycles. The Hall–Kier alpha value is -3.65. The number of carbonyl (C=O) groups excluding carboxylic acids is 1. The van der Waals surface area contributed by atoms with Crippen molar-refractivity contribution >= 4 is 23.4 Å². The van der Waals surface area contributed by atoms with Crippen LogP contribution in [-0.4, -0.2) is 31.5 Å². The molecule has 0 saturated carbocycles. The number of aryl methyl sites for hydroxylation is 1. The van der Waals surface area contributed by atoms with E-state index in [2.05, 4.69) is 15.5 Å². The van der Waals surface area contributed by atoms with Gasteiger partial charge in [-0.2, -0.15) is 0 Å². The molecule has 1 amide bonds. The Labute approximate surface area is 182 Å². The fourth-order valence-corrected chi connectivity index (χ4v) is 3.81. The van der Waals surface area contributed by atoms with Crippen molar-refractivity contribution in [3.63, 3.8) is 0 Å². The van der Waals surface area contributed by atoms with E-state index in [9.17, 15) is 14.3 Å². The molecule has 0 bridgehead atoms. The Morgan fingerprint density at radius 1 is 1.06 bits per heavy atom. The van der Waals surface area contributed by atoms with Gasteiger partial charge in [0.25, 0.3) is 0 Å². The fourth-order valence-electron chi connectivity index (χ4n) is 3.06. The summed E-state index contributed by atoms with van der Waals surface area (Å²) in [7, 11) is 0. The lowest BCUT2D eigenvalue weighted by molar-refractivity contribution is -0.113. The van der Waals surface area contributed by atoms with Crippen molar-refractivity contribution in [1.82, 2.24) is 14.8 Å². The number of rotatable bonds is 6. The first kappa shape index (κ1) is 20.6.